The molecule has 0 saturated heterocycles. The molecule has 2 aliphatic carbocycles. The Morgan fingerprint density at radius 2 is 0.885 bits per heavy atom. The molecule has 0 bridgehead atoms. The van der Waals surface area contributed by atoms with E-state index in [1.807, 2.05) is 11.3 Å². The van der Waals surface area contributed by atoms with Crippen LogP contribution in [0.5, 0.6) is 0 Å². The summed E-state index contributed by atoms with van der Waals surface area (Å²) in [7, 11) is 0. The molecule has 0 amide bonds. The average molecular weight is 797 g/mol. The van der Waals surface area contributed by atoms with E-state index < -0.39 is 5.41 Å². The minimum atomic E-state index is -0.666. The third-order valence-corrected chi connectivity index (χ3v) is 14.0. The number of benzene rings is 9. The third kappa shape index (κ3) is 4.74. The minimum absolute atomic E-state index is 0.666. The van der Waals surface area contributed by atoms with Crippen LogP contribution >= 0.6 is 11.3 Å². The Morgan fingerprint density at radius 1 is 0.377 bits per heavy atom. The lowest BCUT2D eigenvalue weighted by Gasteiger charge is -2.32. The predicted octanol–water partition coefficient (Wildman–Crippen LogP) is 16.1. The van der Waals surface area contributed by atoms with Crippen molar-refractivity contribution in [2.75, 3.05) is 9.80 Å². The van der Waals surface area contributed by atoms with Crippen LogP contribution in [0.15, 0.2) is 223 Å². The quantitative estimate of drug-likeness (QED) is 0.167. The van der Waals surface area contributed by atoms with Gasteiger partial charge in [0, 0.05) is 54.6 Å². The molecule has 1 unspecified atom stereocenters. The van der Waals surface area contributed by atoms with Gasteiger partial charge in [0.15, 0.2) is 0 Å². The number of rotatable bonds is 6. The van der Waals surface area contributed by atoms with Crippen LogP contribution in [0.2, 0.25) is 0 Å². The van der Waals surface area contributed by atoms with Crippen LogP contribution in [0.1, 0.15) is 22.3 Å². The number of thiophene rings is 1. The van der Waals surface area contributed by atoms with Crippen molar-refractivity contribution in [2.24, 2.45) is 0 Å². The summed E-state index contributed by atoms with van der Waals surface area (Å²) in [6.45, 7) is 0. The van der Waals surface area contributed by atoms with Gasteiger partial charge in [-0.05, 0) is 89.0 Å². The van der Waals surface area contributed by atoms with Crippen molar-refractivity contribution in [1.29, 1.82) is 0 Å². The molecule has 1 spiro atoms. The van der Waals surface area contributed by atoms with Crippen molar-refractivity contribution >= 4 is 76.6 Å². The fourth-order valence-corrected chi connectivity index (χ4v) is 11.7. The van der Waals surface area contributed by atoms with Crippen molar-refractivity contribution in [1.82, 2.24) is 0 Å². The highest BCUT2D eigenvalue weighted by Crippen LogP contribution is 2.68. The standard InChI is InChI=1S/C57H36N2OS/c1-4-19-37(20-5-1)58(38-21-6-2-7-22-38)48-33-18-31-46-53(48)55-54(43-27-11-14-35-50(43)60-55)57(46)44-29-13-10-26-42(44)52-45(57)30-17-32-47(52)59(39-23-8-3-9-24-39)49-34-16-28-41-40-25-12-15-36-51(40)61-56(41)49/h1-36H. The first kappa shape index (κ1) is 34.2. The highest BCUT2D eigenvalue weighted by molar-refractivity contribution is 7.26. The average Bonchev–Trinajstić information content (AvgIpc) is 4.06. The summed E-state index contributed by atoms with van der Waals surface area (Å²) in [6, 6.07) is 79.4. The number of fused-ring (bicyclic) bond motifs is 15. The summed E-state index contributed by atoms with van der Waals surface area (Å²) in [4.78, 5) is 4.88. The van der Waals surface area contributed by atoms with Gasteiger partial charge in [-0.15, -0.1) is 11.3 Å². The molecule has 0 saturated carbocycles. The maximum absolute atomic E-state index is 7.17. The molecule has 0 aliphatic heterocycles. The zero-order chi connectivity index (χ0) is 40.1. The molecule has 2 aliphatic rings. The van der Waals surface area contributed by atoms with Crippen molar-refractivity contribution in [2.45, 2.75) is 5.41 Å². The number of hydrogen-bond donors (Lipinski definition) is 0. The van der Waals surface area contributed by atoms with Gasteiger partial charge in [-0.1, -0.05) is 152 Å². The van der Waals surface area contributed by atoms with E-state index in [4.69, 9.17) is 4.42 Å². The van der Waals surface area contributed by atoms with E-state index in [2.05, 4.69) is 228 Å². The Hall–Kier alpha value is -7.66. The summed E-state index contributed by atoms with van der Waals surface area (Å²) < 4.78 is 9.73. The Labute approximate surface area is 357 Å². The molecule has 13 rings (SSSR count). The van der Waals surface area contributed by atoms with E-state index >= 15 is 0 Å². The van der Waals surface area contributed by atoms with Crippen LogP contribution in [0.3, 0.4) is 0 Å². The zero-order valence-corrected chi connectivity index (χ0v) is 33.8. The van der Waals surface area contributed by atoms with Crippen molar-refractivity contribution in [3.63, 3.8) is 0 Å². The smallest absolute Gasteiger partial charge is 0.142 e. The Bertz CT molecular complexity index is 3460. The molecule has 2 heterocycles. The van der Waals surface area contributed by atoms with E-state index in [1.165, 1.54) is 59.2 Å². The lowest BCUT2D eigenvalue weighted by Crippen LogP contribution is -2.26. The predicted molar refractivity (Wildman–Crippen MR) is 255 cm³/mol. The number of nitrogens with zero attached hydrogens (tertiary/aromatic N) is 2. The van der Waals surface area contributed by atoms with E-state index in [-0.39, 0.29) is 0 Å². The first-order chi connectivity index (χ1) is 30.3. The molecule has 11 aromatic rings. The van der Waals surface area contributed by atoms with Crippen molar-refractivity contribution in [3.05, 3.63) is 241 Å². The number of para-hydroxylation sites is 4. The molecule has 61 heavy (non-hydrogen) atoms. The summed E-state index contributed by atoms with van der Waals surface area (Å²) in [6.07, 6.45) is 0. The number of furan rings is 1. The van der Waals surface area contributed by atoms with Gasteiger partial charge < -0.3 is 14.2 Å². The summed E-state index contributed by atoms with van der Waals surface area (Å²) in [5.41, 5.74) is 15.4. The van der Waals surface area contributed by atoms with Gasteiger partial charge in [-0.2, -0.15) is 0 Å². The van der Waals surface area contributed by atoms with E-state index in [0.717, 1.165) is 50.7 Å². The molecule has 0 fully saturated rings. The van der Waals surface area contributed by atoms with Gasteiger partial charge in [0.05, 0.1) is 27.2 Å². The first-order valence-corrected chi connectivity index (χ1v) is 21.7. The molecule has 4 heteroatoms. The third-order valence-electron chi connectivity index (χ3n) is 12.8. The summed E-state index contributed by atoms with van der Waals surface area (Å²) >= 11 is 1.87. The van der Waals surface area contributed by atoms with Crippen LogP contribution in [-0.4, -0.2) is 0 Å². The lowest BCUT2D eigenvalue weighted by atomic mass is 9.70. The van der Waals surface area contributed by atoms with Gasteiger partial charge >= 0.3 is 0 Å². The fraction of sp³-hybridized carbons (Fsp3) is 0.0175. The van der Waals surface area contributed by atoms with Gasteiger partial charge in [0.25, 0.3) is 0 Å². The molecular formula is C57H36N2OS. The molecule has 1 atom stereocenters. The molecular weight excluding hydrogens is 761 g/mol. The Kier molecular flexibility index (Phi) is 7.39. The van der Waals surface area contributed by atoms with Gasteiger partial charge in [0.1, 0.15) is 11.3 Å². The maximum Gasteiger partial charge on any atom is 0.142 e. The lowest BCUT2D eigenvalue weighted by molar-refractivity contribution is 0.628. The minimum Gasteiger partial charge on any atom is -0.456 e. The van der Waals surface area contributed by atoms with Crippen molar-refractivity contribution in [3.8, 4) is 22.5 Å². The molecule has 9 aromatic carbocycles. The van der Waals surface area contributed by atoms with Gasteiger partial charge in [0.2, 0.25) is 0 Å². The summed E-state index contributed by atoms with van der Waals surface area (Å²) in [5, 5.41) is 3.70. The van der Waals surface area contributed by atoms with Crippen LogP contribution in [-0.2, 0) is 5.41 Å². The van der Waals surface area contributed by atoms with E-state index in [0.29, 0.717) is 0 Å². The second-order valence-electron chi connectivity index (χ2n) is 15.9. The topological polar surface area (TPSA) is 19.6 Å². The highest BCUT2D eigenvalue weighted by atomic mass is 32.1. The van der Waals surface area contributed by atoms with E-state index in [1.54, 1.807) is 0 Å². The van der Waals surface area contributed by atoms with Crippen LogP contribution in [0.25, 0.3) is 53.6 Å². The fourth-order valence-electron chi connectivity index (χ4n) is 10.5. The molecule has 3 nitrogen and oxygen atoms in total. The van der Waals surface area contributed by atoms with Crippen LogP contribution in [0, 0.1) is 0 Å². The molecule has 0 N–H and O–H groups in total. The molecule has 0 radical (unpaired) electrons. The highest BCUT2D eigenvalue weighted by Gasteiger charge is 2.56. The van der Waals surface area contributed by atoms with E-state index in [9.17, 15) is 0 Å². The molecule has 2 aromatic heterocycles. The second-order valence-corrected chi connectivity index (χ2v) is 17.0. The first-order valence-electron chi connectivity index (χ1n) is 20.9. The monoisotopic (exact) mass is 796 g/mol. The number of anilines is 6. The second kappa shape index (κ2) is 13.2. The maximum atomic E-state index is 7.17. The Morgan fingerprint density at radius 3 is 1.61 bits per heavy atom. The Balaban J connectivity index is 1.15. The normalized spacial score (nSPS) is 14.6. The van der Waals surface area contributed by atoms with Gasteiger partial charge in [-0.25, -0.2) is 0 Å². The SMILES string of the molecule is c1ccc(N(c2ccccc2)c2cccc3c2-c2oc4ccccc4c2C32c3ccccc3-c3c(N(c4ccccc4)c4cccc5c4sc4ccccc45)cccc32)cc1. The zero-order valence-electron chi connectivity index (χ0n) is 33.0. The molecule has 286 valence electrons. The van der Waals surface area contributed by atoms with Gasteiger partial charge in [-0.3, -0.25) is 0 Å². The van der Waals surface area contributed by atoms with Crippen LogP contribution in [0.4, 0.5) is 34.1 Å². The largest absolute Gasteiger partial charge is 0.456 e. The summed E-state index contributed by atoms with van der Waals surface area (Å²) in [5.74, 6) is 0.923. The number of hydrogen-bond acceptors (Lipinski definition) is 4. The van der Waals surface area contributed by atoms with Crippen LogP contribution < -0.4 is 9.80 Å². The van der Waals surface area contributed by atoms with Crippen molar-refractivity contribution < 1.29 is 4.42 Å².